The number of amides is 3. The lowest BCUT2D eigenvalue weighted by atomic mass is 9.81. The number of sulfone groups is 1. The van der Waals surface area contributed by atoms with Gasteiger partial charge in [-0.05, 0) is 25.0 Å². The number of fused-ring (bicyclic) bond motifs is 1. The molecule has 0 spiro atoms. The predicted octanol–water partition coefficient (Wildman–Crippen LogP) is 2.72. The third-order valence-corrected chi connectivity index (χ3v) is 7.71. The maximum atomic E-state index is 12.5. The number of rotatable bonds is 6. The molecule has 0 unspecified atom stereocenters. The van der Waals surface area contributed by atoms with Crippen LogP contribution in [0.25, 0.3) is 11.3 Å². The Labute approximate surface area is 184 Å². The van der Waals surface area contributed by atoms with Crippen LogP contribution in [0, 0.1) is 11.8 Å². The van der Waals surface area contributed by atoms with E-state index < -0.39 is 9.84 Å². The van der Waals surface area contributed by atoms with Crippen LogP contribution in [0.15, 0.2) is 34.5 Å². The van der Waals surface area contributed by atoms with E-state index in [4.69, 9.17) is 0 Å². The second-order valence-corrected chi connectivity index (χ2v) is 10.8. The molecule has 2 aromatic rings. The first-order valence-electron chi connectivity index (χ1n) is 10.1. The number of thiazole rings is 1. The molecule has 8 nitrogen and oxygen atoms in total. The second kappa shape index (κ2) is 8.51. The number of hydrogen-bond acceptors (Lipinski definition) is 7. The van der Waals surface area contributed by atoms with E-state index in [-0.39, 0.29) is 47.4 Å². The molecule has 2 atom stereocenters. The summed E-state index contributed by atoms with van der Waals surface area (Å²) in [7, 11) is -3.27. The highest BCUT2D eigenvalue weighted by atomic mass is 32.2. The fourth-order valence-corrected chi connectivity index (χ4v) is 5.55. The third kappa shape index (κ3) is 4.54. The number of imide groups is 1. The van der Waals surface area contributed by atoms with Crippen LogP contribution in [0.2, 0.25) is 0 Å². The molecule has 4 rings (SSSR count). The molecule has 0 radical (unpaired) electrons. The number of likely N-dealkylation sites (tertiary alicyclic amines) is 1. The van der Waals surface area contributed by atoms with Gasteiger partial charge in [-0.2, -0.15) is 0 Å². The summed E-state index contributed by atoms with van der Waals surface area (Å²) in [6.07, 6.45) is 4.62. The van der Waals surface area contributed by atoms with Crippen molar-refractivity contribution in [3.63, 3.8) is 0 Å². The second-order valence-electron chi connectivity index (χ2n) is 7.96. The van der Waals surface area contributed by atoms with Crippen LogP contribution < -0.4 is 5.32 Å². The zero-order valence-electron chi connectivity index (χ0n) is 17.0. The number of benzene rings is 1. The van der Waals surface area contributed by atoms with Crippen molar-refractivity contribution in [2.24, 2.45) is 11.8 Å². The first-order chi connectivity index (χ1) is 14.7. The van der Waals surface area contributed by atoms with Gasteiger partial charge < -0.3 is 5.32 Å². The van der Waals surface area contributed by atoms with E-state index in [1.54, 1.807) is 17.5 Å². The molecule has 1 N–H and O–H groups in total. The molecule has 31 heavy (non-hydrogen) atoms. The van der Waals surface area contributed by atoms with E-state index in [0.717, 1.165) is 37.5 Å². The van der Waals surface area contributed by atoms with Crippen LogP contribution in [0.3, 0.4) is 0 Å². The van der Waals surface area contributed by atoms with E-state index in [1.807, 2.05) is 0 Å². The lowest BCUT2D eigenvalue weighted by Gasteiger charge is -2.19. The van der Waals surface area contributed by atoms with Crippen molar-refractivity contribution in [1.29, 1.82) is 0 Å². The number of nitrogens with one attached hydrogen (secondary N) is 1. The Kier molecular flexibility index (Phi) is 5.94. The van der Waals surface area contributed by atoms with Gasteiger partial charge in [0.1, 0.15) is 0 Å². The average Bonchev–Trinajstić information content (AvgIpc) is 3.30. The van der Waals surface area contributed by atoms with Crippen LogP contribution in [0.4, 0.5) is 5.13 Å². The SMILES string of the molecule is CS(=O)(=O)c1ccc(-c2csc(NC(=O)CCN3C(=O)[C@H]4CCCC[C@@H]4C3=O)n2)cc1. The number of carbonyl (C=O) groups is 3. The smallest absolute Gasteiger partial charge is 0.233 e. The Bertz CT molecular complexity index is 1100. The first kappa shape index (κ1) is 21.6. The predicted molar refractivity (Wildman–Crippen MR) is 116 cm³/mol. The molecule has 2 fully saturated rings. The summed E-state index contributed by atoms with van der Waals surface area (Å²) in [6.45, 7) is 0.0850. The molecule has 0 bridgehead atoms. The molecule has 1 aromatic carbocycles. The summed E-state index contributed by atoms with van der Waals surface area (Å²) in [5.74, 6) is -1.02. The van der Waals surface area contributed by atoms with Gasteiger partial charge in [-0.1, -0.05) is 25.0 Å². The minimum absolute atomic E-state index is 0.0227. The highest BCUT2D eigenvalue weighted by molar-refractivity contribution is 7.90. The van der Waals surface area contributed by atoms with E-state index in [1.165, 1.54) is 28.4 Å². The molecule has 3 amide bonds. The molecule has 2 aliphatic rings. The molecule has 10 heteroatoms. The van der Waals surface area contributed by atoms with E-state index >= 15 is 0 Å². The summed E-state index contributed by atoms with van der Waals surface area (Å²) < 4.78 is 23.1. The largest absolute Gasteiger partial charge is 0.302 e. The number of aromatic nitrogens is 1. The Morgan fingerprint density at radius 3 is 2.32 bits per heavy atom. The van der Waals surface area contributed by atoms with Crippen molar-refractivity contribution in [3.8, 4) is 11.3 Å². The zero-order valence-corrected chi connectivity index (χ0v) is 18.7. The summed E-state index contributed by atoms with van der Waals surface area (Å²) >= 11 is 1.25. The van der Waals surface area contributed by atoms with Gasteiger partial charge in [0.15, 0.2) is 15.0 Å². The van der Waals surface area contributed by atoms with E-state index in [2.05, 4.69) is 10.3 Å². The van der Waals surface area contributed by atoms with Crippen molar-refractivity contribution in [3.05, 3.63) is 29.6 Å². The summed E-state index contributed by atoms with van der Waals surface area (Å²) in [4.78, 5) is 43.2. The standard InChI is InChI=1S/C21H23N3O5S2/c1-31(28,29)14-8-6-13(7-9-14)17-12-30-21(22-17)23-18(25)10-11-24-19(26)15-4-2-3-5-16(15)20(24)27/h6-9,12,15-16H,2-5,10-11H2,1H3,(H,22,23,25)/t15-,16-/m0/s1. The Hall–Kier alpha value is -2.59. The highest BCUT2D eigenvalue weighted by Gasteiger charge is 2.47. The number of hydrogen-bond donors (Lipinski definition) is 1. The molecule has 1 saturated carbocycles. The monoisotopic (exact) mass is 461 g/mol. The molecule has 164 valence electrons. The number of anilines is 1. The van der Waals surface area contributed by atoms with Crippen molar-refractivity contribution >= 4 is 44.0 Å². The Morgan fingerprint density at radius 1 is 1.13 bits per heavy atom. The molecule has 2 heterocycles. The third-order valence-electron chi connectivity index (χ3n) is 5.82. The Morgan fingerprint density at radius 2 is 1.74 bits per heavy atom. The van der Waals surface area contributed by atoms with Gasteiger partial charge in [0.05, 0.1) is 22.4 Å². The van der Waals surface area contributed by atoms with Gasteiger partial charge in [0.2, 0.25) is 17.7 Å². The lowest BCUT2D eigenvalue weighted by molar-refractivity contribution is -0.140. The van der Waals surface area contributed by atoms with E-state index in [9.17, 15) is 22.8 Å². The van der Waals surface area contributed by atoms with Crippen LogP contribution in [0.5, 0.6) is 0 Å². The van der Waals surface area contributed by atoms with Crippen LogP contribution >= 0.6 is 11.3 Å². The lowest BCUT2D eigenvalue weighted by Crippen LogP contribution is -2.34. The number of nitrogens with zero attached hydrogens (tertiary/aromatic N) is 2. The van der Waals surface area contributed by atoms with Crippen LogP contribution in [0.1, 0.15) is 32.1 Å². The van der Waals surface area contributed by atoms with Gasteiger partial charge >= 0.3 is 0 Å². The molecule has 1 aliphatic carbocycles. The fraction of sp³-hybridized carbons (Fsp3) is 0.429. The van der Waals surface area contributed by atoms with Crippen LogP contribution in [-0.4, -0.2) is 48.8 Å². The highest BCUT2D eigenvalue weighted by Crippen LogP contribution is 2.38. The van der Waals surface area contributed by atoms with Crippen molar-refractivity contribution in [2.45, 2.75) is 37.0 Å². The van der Waals surface area contributed by atoms with Crippen LogP contribution in [-0.2, 0) is 24.2 Å². The minimum Gasteiger partial charge on any atom is -0.302 e. The average molecular weight is 462 g/mol. The summed E-state index contributed by atoms with van der Waals surface area (Å²) in [5.41, 5.74) is 1.36. The fourth-order valence-electron chi connectivity index (χ4n) is 4.18. The van der Waals surface area contributed by atoms with Gasteiger partial charge in [0, 0.05) is 30.2 Å². The van der Waals surface area contributed by atoms with Gasteiger partial charge in [-0.25, -0.2) is 13.4 Å². The minimum atomic E-state index is -3.27. The quantitative estimate of drug-likeness (QED) is 0.662. The topological polar surface area (TPSA) is 114 Å². The first-order valence-corrected chi connectivity index (χ1v) is 12.9. The Balaban J connectivity index is 1.34. The van der Waals surface area contributed by atoms with Crippen molar-refractivity contribution in [1.82, 2.24) is 9.88 Å². The molecule has 1 aromatic heterocycles. The van der Waals surface area contributed by atoms with Crippen molar-refractivity contribution in [2.75, 3.05) is 18.1 Å². The van der Waals surface area contributed by atoms with Crippen molar-refractivity contribution < 1.29 is 22.8 Å². The summed E-state index contributed by atoms with van der Waals surface area (Å²) in [6, 6.07) is 6.37. The summed E-state index contributed by atoms with van der Waals surface area (Å²) in [5, 5.41) is 4.88. The van der Waals surface area contributed by atoms with Gasteiger partial charge in [-0.3, -0.25) is 19.3 Å². The molecule has 1 aliphatic heterocycles. The zero-order chi connectivity index (χ0) is 22.2. The van der Waals surface area contributed by atoms with Gasteiger partial charge in [-0.15, -0.1) is 11.3 Å². The van der Waals surface area contributed by atoms with E-state index in [0.29, 0.717) is 10.8 Å². The molecule has 1 saturated heterocycles. The molecular formula is C21H23N3O5S2. The maximum Gasteiger partial charge on any atom is 0.233 e. The normalized spacial score (nSPS) is 21.3. The number of carbonyl (C=O) groups excluding carboxylic acids is 3. The molecular weight excluding hydrogens is 438 g/mol. The maximum absolute atomic E-state index is 12.5. The van der Waals surface area contributed by atoms with Gasteiger partial charge in [0.25, 0.3) is 0 Å².